The molecule has 1 aliphatic heterocycles. The van der Waals surface area contributed by atoms with Gasteiger partial charge < -0.3 is 33.5 Å². The van der Waals surface area contributed by atoms with Crippen LogP contribution < -0.4 is 10.1 Å². The van der Waals surface area contributed by atoms with Crippen LogP contribution >= 0.6 is 0 Å². The van der Waals surface area contributed by atoms with Gasteiger partial charge in [0.05, 0.1) is 0 Å². The molecule has 46 heavy (non-hydrogen) atoms. The van der Waals surface area contributed by atoms with Crippen molar-refractivity contribution in [3.8, 4) is 5.75 Å². The van der Waals surface area contributed by atoms with Gasteiger partial charge in [-0.15, -0.1) is 0 Å². The van der Waals surface area contributed by atoms with Gasteiger partial charge in [-0.3, -0.25) is 4.79 Å². The highest BCUT2D eigenvalue weighted by atomic mass is 28.4. The van der Waals surface area contributed by atoms with E-state index >= 15 is 0 Å². The molecule has 10 heteroatoms. The lowest BCUT2D eigenvalue weighted by Gasteiger charge is -2.42. The molecule has 3 aromatic rings. The zero-order valence-corrected chi connectivity index (χ0v) is 28.6. The Bertz CT molecular complexity index is 1470. The van der Waals surface area contributed by atoms with Crippen LogP contribution in [0.3, 0.4) is 0 Å². The van der Waals surface area contributed by atoms with Crippen LogP contribution in [0, 0.1) is 0 Å². The Hall–Kier alpha value is -3.83. The molecular formula is C36H45NO8Si. The van der Waals surface area contributed by atoms with E-state index in [4.69, 9.17) is 23.4 Å². The van der Waals surface area contributed by atoms with Gasteiger partial charge in [-0.05, 0) is 55.2 Å². The van der Waals surface area contributed by atoms with Crippen LogP contribution in [0.1, 0.15) is 56.1 Å². The molecule has 4 atom stereocenters. The zero-order valence-electron chi connectivity index (χ0n) is 27.6. The van der Waals surface area contributed by atoms with Gasteiger partial charge >= 0.3 is 6.09 Å². The van der Waals surface area contributed by atoms with E-state index in [1.165, 1.54) is 0 Å². The number of amides is 1. The number of Topliss-reactive ketones (excluding diaryl/α,β-unsaturated/α-hetero) is 1. The first-order valence-corrected chi connectivity index (χ1v) is 18.4. The number of benzene rings is 3. The molecule has 1 amide bonds. The first-order valence-electron chi connectivity index (χ1n) is 15.5. The largest absolute Gasteiger partial charge is 0.489 e. The third-order valence-electron chi connectivity index (χ3n) is 8.31. The molecule has 3 aromatic carbocycles. The minimum absolute atomic E-state index is 0.0197. The number of alkyl carbamates (subject to hydrolysis) is 1. The molecule has 9 nitrogen and oxygen atoms in total. The first-order chi connectivity index (χ1) is 21.7. The Balaban J connectivity index is 1.60. The van der Waals surface area contributed by atoms with Crippen LogP contribution in [-0.4, -0.2) is 56.6 Å². The fourth-order valence-electron chi connectivity index (χ4n) is 4.83. The van der Waals surface area contributed by atoms with Gasteiger partial charge in [0.2, 0.25) is 0 Å². The van der Waals surface area contributed by atoms with Crippen molar-refractivity contribution in [2.45, 2.75) is 96.1 Å². The summed E-state index contributed by atoms with van der Waals surface area (Å²) in [6.07, 6.45) is -3.44. The Labute approximate surface area is 272 Å². The van der Waals surface area contributed by atoms with Crippen LogP contribution in [0.25, 0.3) is 0 Å². The standard InChI is InChI=1S/C36H45NO8Si/c1-35(2,3)46(6,7)45-31(29(22-38)37-34(40)42-24-26-17-12-9-13-18-26)33-32(43-36(4,5)44-33)30(39)27-19-14-20-28(21-27)41-23-25-15-10-8-11-16-25/h8-22,29,31-33H,23-24H2,1-7H3,(H,37,40)/t29-,31-,32-,33+/m1/s1. The number of aldehydes is 1. The number of carbonyl (C=O) groups excluding carboxylic acids is 3. The Morgan fingerprint density at radius 1 is 0.913 bits per heavy atom. The lowest BCUT2D eigenvalue weighted by Crippen LogP contribution is -2.59. The average Bonchev–Trinajstić information content (AvgIpc) is 3.35. The van der Waals surface area contributed by atoms with E-state index in [1.807, 2.05) is 73.8 Å². The number of ether oxygens (including phenoxy) is 4. The summed E-state index contributed by atoms with van der Waals surface area (Å²) in [5, 5.41) is 2.40. The second-order valence-electron chi connectivity index (χ2n) is 13.4. The van der Waals surface area contributed by atoms with E-state index in [-0.39, 0.29) is 17.4 Å². The van der Waals surface area contributed by atoms with Gasteiger partial charge in [-0.1, -0.05) is 93.6 Å². The highest BCUT2D eigenvalue weighted by Crippen LogP contribution is 2.41. The second-order valence-corrected chi connectivity index (χ2v) is 18.2. The number of ketones is 1. The van der Waals surface area contributed by atoms with Gasteiger partial charge in [-0.25, -0.2) is 4.79 Å². The lowest BCUT2D eigenvalue weighted by atomic mass is 9.95. The van der Waals surface area contributed by atoms with Crippen LogP contribution in [0.15, 0.2) is 84.9 Å². The van der Waals surface area contributed by atoms with E-state index in [0.29, 0.717) is 24.2 Å². The molecule has 1 heterocycles. The summed E-state index contributed by atoms with van der Waals surface area (Å²) >= 11 is 0. The van der Waals surface area contributed by atoms with Gasteiger partial charge in [-0.2, -0.15) is 0 Å². The molecule has 1 N–H and O–H groups in total. The maximum Gasteiger partial charge on any atom is 0.408 e. The van der Waals surface area contributed by atoms with E-state index in [9.17, 15) is 14.4 Å². The highest BCUT2D eigenvalue weighted by molar-refractivity contribution is 6.74. The summed E-state index contributed by atoms with van der Waals surface area (Å²) in [5.41, 5.74) is 2.14. The van der Waals surface area contributed by atoms with E-state index in [2.05, 4.69) is 26.1 Å². The Morgan fingerprint density at radius 3 is 2.11 bits per heavy atom. The second kappa shape index (κ2) is 14.7. The van der Waals surface area contributed by atoms with Crippen molar-refractivity contribution in [2.24, 2.45) is 0 Å². The summed E-state index contributed by atoms with van der Waals surface area (Å²) in [7, 11) is -2.60. The molecular weight excluding hydrogens is 602 g/mol. The number of hydrogen-bond acceptors (Lipinski definition) is 8. The Morgan fingerprint density at radius 2 is 1.52 bits per heavy atom. The van der Waals surface area contributed by atoms with E-state index in [1.54, 1.807) is 38.1 Å². The van der Waals surface area contributed by atoms with E-state index in [0.717, 1.165) is 11.1 Å². The van der Waals surface area contributed by atoms with Crippen molar-refractivity contribution >= 4 is 26.5 Å². The monoisotopic (exact) mass is 647 g/mol. The predicted octanol–water partition coefficient (Wildman–Crippen LogP) is 6.85. The molecule has 1 fully saturated rings. The summed E-state index contributed by atoms with van der Waals surface area (Å²) in [6.45, 7) is 14.0. The Kier molecular flexibility index (Phi) is 11.2. The van der Waals surface area contributed by atoms with Crippen LogP contribution in [0.2, 0.25) is 18.1 Å². The minimum atomic E-state index is -2.60. The molecule has 1 saturated heterocycles. The van der Waals surface area contributed by atoms with Gasteiger partial charge in [0.15, 0.2) is 26.0 Å². The molecule has 0 unspecified atom stereocenters. The maximum absolute atomic E-state index is 14.1. The van der Waals surface area contributed by atoms with Crippen molar-refractivity contribution in [1.29, 1.82) is 0 Å². The molecule has 0 aliphatic carbocycles. The summed E-state index contributed by atoms with van der Waals surface area (Å²) in [5.74, 6) is -1.02. The molecule has 1 aliphatic rings. The van der Waals surface area contributed by atoms with Crippen molar-refractivity contribution in [3.05, 3.63) is 102 Å². The SMILES string of the molecule is CC1(C)O[C@@H]([C@H](O[Si](C)(C)C(C)(C)C)[C@@H](C=O)NC(=O)OCc2ccccc2)[C@@H](C(=O)c2cccc(OCc3ccccc3)c2)O1. The van der Waals surface area contributed by atoms with E-state index < -0.39 is 44.6 Å². The quantitative estimate of drug-likeness (QED) is 0.122. The van der Waals surface area contributed by atoms with Crippen molar-refractivity contribution in [1.82, 2.24) is 5.32 Å². The van der Waals surface area contributed by atoms with Crippen molar-refractivity contribution in [2.75, 3.05) is 0 Å². The molecule has 0 radical (unpaired) electrons. The smallest absolute Gasteiger partial charge is 0.408 e. The molecule has 0 bridgehead atoms. The number of hydrogen-bond donors (Lipinski definition) is 1. The van der Waals surface area contributed by atoms with Crippen LogP contribution in [-0.2, 0) is 36.6 Å². The molecule has 4 rings (SSSR count). The summed E-state index contributed by atoms with van der Waals surface area (Å²) < 4.78 is 30.7. The average molecular weight is 648 g/mol. The van der Waals surface area contributed by atoms with Gasteiger partial charge in [0.25, 0.3) is 0 Å². The van der Waals surface area contributed by atoms with Crippen molar-refractivity contribution < 1.29 is 37.8 Å². The molecule has 0 saturated carbocycles. The van der Waals surface area contributed by atoms with Gasteiger partial charge in [0.1, 0.15) is 43.5 Å². The summed E-state index contributed by atoms with van der Waals surface area (Å²) in [4.78, 5) is 39.7. The molecule has 246 valence electrons. The third-order valence-corrected chi connectivity index (χ3v) is 12.8. The number of nitrogens with one attached hydrogen (secondary N) is 1. The fraction of sp³-hybridized carbons (Fsp3) is 0.417. The molecule has 0 aromatic heterocycles. The highest BCUT2D eigenvalue weighted by Gasteiger charge is 2.53. The third kappa shape index (κ3) is 9.13. The van der Waals surface area contributed by atoms with Crippen LogP contribution in [0.4, 0.5) is 4.79 Å². The zero-order chi connectivity index (χ0) is 33.5. The minimum Gasteiger partial charge on any atom is -0.489 e. The predicted molar refractivity (Wildman–Crippen MR) is 177 cm³/mol. The number of carbonyl (C=O) groups is 3. The topological polar surface area (TPSA) is 109 Å². The van der Waals surface area contributed by atoms with Crippen LogP contribution in [0.5, 0.6) is 5.75 Å². The fourth-order valence-corrected chi connectivity index (χ4v) is 6.15. The summed E-state index contributed by atoms with van der Waals surface area (Å²) in [6, 6.07) is 24.6. The van der Waals surface area contributed by atoms with Crippen molar-refractivity contribution in [3.63, 3.8) is 0 Å². The maximum atomic E-state index is 14.1. The molecule has 0 spiro atoms. The lowest BCUT2D eigenvalue weighted by molar-refractivity contribution is -0.155. The van der Waals surface area contributed by atoms with Gasteiger partial charge in [0, 0.05) is 5.56 Å². The number of rotatable bonds is 13. The first kappa shape index (κ1) is 35.0. The normalized spacial score (nSPS) is 19.1.